The third kappa shape index (κ3) is 3.42. The summed E-state index contributed by atoms with van der Waals surface area (Å²) in [5, 5.41) is 3.93. The van der Waals surface area contributed by atoms with Crippen LogP contribution in [0.25, 0.3) is 0 Å². The summed E-state index contributed by atoms with van der Waals surface area (Å²) in [6.45, 7) is 8.08. The van der Waals surface area contributed by atoms with Gasteiger partial charge in [0.25, 0.3) is 0 Å². The molecule has 1 aromatic carbocycles. The van der Waals surface area contributed by atoms with E-state index in [4.69, 9.17) is 0 Å². The lowest BCUT2D eigenvalue weighted by Crippen LogP contribution is -2.53. The molecule has 0 radical (unpaired) electrons. The highest BCUT2D eigenvalue weighted by Gasteiger charge is 2.35. The fraction of sp³-hybridized carbons (Fsp3) is 0.684. The van der Waals surface area contributed by atoms with Crippen molar-refractivity contribution in [2.75, 3.05) is 18.0 Å². The van der Waals surface area contributed by atoms with Crippen LogP contribution in [0.1, 0.15) is 57.9 Å². The summed E-state index contributed by atoms with van der Waals surface area (Å²) in [5.41, 5.74) is 3.30. The minimum Gasteiger partial charge on any atom is -0.369 e. The van der Waals surface area contributed by atoms with Gasteiger partial charge in [0.15, 0.2) is 0 Å². The zero-order chi connectivity index (χ0) is 14.7. The van der Waals surface area contributed by atoms with Gasteiger partial charge in [0, 0.05) is 30.9 Å². The molecule has 1 N–H and O–H groups in total. The minimum absolute atomic E-state index is 0.355. The molecule has 1 fully saturated rings. The summed E-state index contributed by atoms with van der Waals surface area (Å²) in [5.74, 6) is 0.774. The molecule has 0 bridgehead atoms. The Morgan fingerprint density at radius 1 is 1.14 bits per heavy atom. The van der Waals surface area contributed by atoms with Crippen molar-refractivity contribution in [3.8, 4) is 0 Å². The van der Waals surface area contributed by atoms with Gasteiger partial charge in [0.1, 0.15) is 0 Å². The van der Waals surface area contributed by atoms with Crippen LogP contribution in [-0.4, -0.2) is 18.6 Å². The fourth-order valence-corrected chi connectivity index (χ4v) is 3.93. The van der Waals surface area contributed by atoms with Crippen LogP contribution < -0.4 is 10.2 Å². The number of para-hydroxylation sites is 1. The number of hydrogen-bond acceptors (Lipinski definition) is 2. The Morgan fingerprint density at radius 2 is 1.90 bits per heavy atom. The molecule has 1 saturated carbocycles. The molecule has 2 aliphatic rings. The number of rotatable bonds is 3. The molecule has 1 heterocycles. The van der Waals surface area contributed by atoms with Gasteiger partial charge in [-0.2, -0.15) is 0 Å². The highest BCUT2D eigenvalue weighted by Crippen LogP contribution is 2.34. The van der Waals surface area contributed by atoms with E-state index in [9.17, 15) is 0 Å². The minimum atomic E-state index is 0.355. The normalized spacial score (nSPS) is 21.4. The van der Waals surface area contributed by atoms with Gasteiger partial charge in [-0.15, -0.1) is 0 Å². The summed E-state index contributed by atoms with van der Waals surface area (Å²) in [6.07, 6.45) is 8.17. The van der Waals surface area contributed by atoms with Crippen LogP contribution in [-0.2, 0) is 6.54 Å². The standard InChI is InChI=1S/C19H30N2/c1-16(2)10-13-21-15-19(11-6-3-7-12-19)20-14-17-8-4-5-9-18(17)21/h4-5,8-9,16,20H,3,6-7,10-15H2,1-2H3. The number of benzene rings is 1. The van der Waals surface area contributed by atoms with E-state index < -0.39 is 0 Å². The van der Waals surface area contributed by atoms with Crippen LogP contribution in [0.2, 0.25) is 0 Å². The van der Waals surface area contributed by atoms with Crippen LogP contribution in [0.3, 0.4) is 0 Å². The smallest absolute Gasteiger partial charge is 0.0412 e. The van der Waals surface area contributed by atoms with Crippen molar-refractivity contribution in [2.45, 2.75) is 64.5 Å². The van der Waals surface area contributed by atoms with E-state index >= 15 is 0 Å². The van der Waals surface area contributed by atoms with Crippen molar-refractivity contribution in [1.82, 2.24) is 5.32 Å². The molecule has 0 aromatic heterocycles. The van der Waals surface area contributed by atoms with Gasteiger partial charge in [0.2, 0.25) is 0 Å². The average Bonchev–Trinajstić information content (AvgIpc) is 2.64. The summed E-state index contributed by atoms with van der Waals surface area (Å²) in [6, 6.07) is 8.99. The number of fused-ring (bicyclic) bond motifs is 1. The SMILES string of the molecule is CC(C)CCN1CC2(CCCCC2)NCc2ccccc21. The van der Waals surface area contributed by atoms with Crippen LogP contribution in [0, 0.1) is 5.92 Å². The highest BCUT2D eigenvalue weighted by atomic mass is 15.2. The van der Waals surface area contributed by atoms with E-state index in [1.165, 1.54) is 62.9 Å². The third-order valence-electron chi connectivity index (χ3n) is 5.27. The molecule has 1 aromatic rings. The predicted octanol–water partition coefficient (Wildman–Crippen LogP) is 4.35. The Bertz CT molecular complexity index is 460. The second kappa shape index (κ2) is 6.39. The maximum absolute atomic E-state index is 3.93. The van der Waals surface area contributed by atoms with Crippen molar-refractivity contribution in [1.29, 1.82) is 0 Å². The average molecular weight is 286 g/mol. The number of nitrogens with zero attached hydrogens (tertiary/aromatic N) is 1. The number of anilines is 1. The third-order valence-corrected chi connectivity index (χ3v) is 5.27. The van der Waals surface area contributed by atoms with Gasteiger partial charge in [-0.05, 0) is 36.8 Å². The second-order valence-corrected chi connectivity index (χ2v) is 7.43. The molecule has 2 nitrogen and oxygen atoms in total. The largest absolute Gasteiger partial charge is 0.369 e. The Morgan fingerprint density at radius 3 is 2.67 bits per heavy atom. The summed E-state index contributed by atoms with van der Waals surface area (Å²) >= 11 is 0. The Hall–Kier alpha value is -1.02. The zero-order valence-corrected chi connectivity index (χ0v) is 13.7. The summed E-state index contributed by atoms with van der Waals surface area (Å²) < 4.78 is 0. The molecule has 1 spiro atoms. The first-order valence-corrected chi connectivity index (χ1v) is 8.76. The van der Waals surface area contributed by atoms with E-state index in [-0.39, 0.29) is 0 Å². The second-order valence-electron chi connectivity index (χ2n) is 7.43. The molecular weight excluding hydrogens is 256 g/mol. The lowest BCUT2D eigenvalue weighted by Gasteiger charge is -2.41. The van der Waals surface area contributed by atoms with Crippen molar-refractivity contribution in [3.63, 3.8) is 0 Å². The summed E-state index contributed by atoms with van der Waals surface area (Å²) in [7, 11) is 0. The molecule has 0 unspecified atom stereocenters. The van der Waals surface area contributed by atoms with Gasteiger partial charge in [0.05, 0.1) is 0 Å². The van der Waals surface area contributed by atoms with Gasteiger partial charge < -0.3 is 10.2 Å². The monoisotopic (exact) mass is 286 g/mol. The Balaban J connectivity index is 1.84. The molecule has 2 heteroatoms. The summed E-state index contributed by atoms with van der Waals surface area (Å²) in [4.78, 5) is 2.67. The molecule has 21 heavy (non-hydrogen) atoms. The lowest BCUT2D eigenvalue weighted by molar-refractivity contribution is 0.236. The number of nitrogens with one attached hydrogen (secondary N) is 1. The van der Waals surface area contributed by atoms with Gasteiger partial charge >= 0.3 is 0 Å². The molecule has 116 valence electrons. The predicted molar refractivity (Wildman–Crippen MR) is 90.8 cm³/mol. The first kappa shape index (κ1) is 14.9. The molecular formula is C19H30N2. The topological polar surface area (TPSA) is 15.3 Å². The molecule has 0 amide bonds. The fourth-order valence-electron chi connectivity index (χ4n) is 3.93. The maximum atomic E-state index is 3.93. The first-order valence-electron chi connectivity index (χ1n) is 8.76. The van der Waals surface area contributed by atoms with Crippen molar-refractivity contribution in [2.24, 2.45) is 5.92 Å². The highest BCUT2D eigenvalue weighted by molar-refractivity contribution is 5.55. The van der Waals surface area contributed by atoms with Gasteiger partial charge in [-0.25, -0.2) is 0 Å². The molecule has 0 saturated heterocycles. The zero-order valence-electron chi connectivity index (χ0n) is 13.7. The number of hydrogen-bond donors (Lipinski definition) is 1. The van der Waals surface area contributed by atoms with Crippen LogP contribution in [0.15, 0.2) is 24.3 Å². The molecule has 1 aliphatic carbocycles. The van der Waals surface area contributed by atoms with E-state index in [1.807, 2.05) is 0 Å². The first-order chi connectivity index (χ1) is 10.2. The van der Waals surface area contributed by atoms with Gasteiger partial charge in [-0.1, -0.05) is 51.3 Å². The van der Waals surface area contributed by atoms with Crippen molar-refractivity contribution >= 4 is 5.69 Å². The van der Waals surface area contributed by atoms with Crippen molar-refractivity contribution < 1.29 is 0 Å². The van der Waals surface area contributed by atoms with E-state index in [0.29, 0.717) is 5.54 Å². The maximum Gasteiger partial charge on any atom is 0.0412 e. The van der Waals surface area contributed by atoms with E-state index in [2.05, 4.69) is 48.3 Å². The van der Waals surface area contributed by atoms with E-state index in [1.54, 1.807) is 0 Å². The van der Waals surface area contributed by atoms with E-state index in [0.717, 1.165) is 12.5 Å². The van der Waals surface area contributed by atoms with Crippen LogP contribution >= 0.6 is 0 Å². The Kier molecular flexibility index (Phi) is 4.54. The van der Waals surface area contributed by atoms with Crippen LogP contribution in [0.4, 0.5) is 5.69 Å². The van der Waals surface area contributed by atoms with Crippen LogP contribution in [0.5, 0.6) is 0 Å². The molecule has 3 rings (SSSR count). The Labute approximate surface area is 129 Å². The quantitative estimate of drug-likeness (QED) is 0.889. The van der Waals surface area contributed by atoms with Crippen molar-refractivity contribution in [3.05, 3.63) is 29.8 Å². The van der Waals surface area contributed by atoms with Gasteiger partial charge in [-0.3, -0.25) is 0 Å². The lowest BCUT2D eigenvalue weighted by atomic mass is 9.81. The molecule has 1 aliphatic heterocycles. The molecule has 0 atom stereocenters.